The summed E-state index contributed by atoms with van der Waals surface area (Å²) in [5, 5.41) is 2.94. The second-order valence-corrected chi connectivity index (χ2v) is 8.09. The maximum atomic E-state index is 12.8. The van der Waals surface area contributed by atoms with Gasteiger partial charge >= 0.3 is 0 Å². The molecule has 3 rings (SSSR count). The Morgan fingerprint density at radius 1 is 1.00 bits per heavy atom. The molecule has 150 valence electrons. The third kappa shape index (κ3) is 5.07. The Morgan fingerprint density at radius 3 is 2.41 bits per heavy atom. The van der Waals surface area contributed by atoms with Gasteiger partial charge in [0.25, 0.3) is 15.9 Å². The molecule has 0 aliphatic rings. The molecule has 0 atom stereocenters. The molecule has 0 aliphatic heterocycles. The summed E-state index contributed by atoms with van der Waals surface area (Å²) in [4.78, 5) is 12.9. The number of hydrogen-bond donors (Lipinski definition) is 2. The average Bonchev–Trinajstić information content (AvgIpc) is 2.71. The third-order valence-electron chi connectivity index (χ3n) is 3.95. The highest BCUT2D eigenvalue weighted by Gasteiger charge is 2.17. The zero-order chi connectivity index (χ0) is 20.9. The van der Waals surface area contributed by atoms with Crippen molar-refractivity contribution in [3.63, 3.8) is 0 Å². The Bertz CT molecular complexity index is 1120. The number of sulfonamides is 1. The number of carbonyl (C=O) groups is 1. The zero-order valence-electron chi connectivity index (χ0n) is 15.6. The predicted octanol–water partition coefficient (Wildman–Crippen LogP) is 4.79. The number of nitrogens with one attached hydrogen (secondary N) is 2. The molecule has 0 bridgehead atoms. The summed E-state index contributed by atoms with van der Waals surface area (Å²) >= 11 is 6.18. The number of para-hydroxylation sites is 2. The van der Waals surface area contributed by atoms with Crippen LogP contribution in [0.5, 0.6) is 5.75 Å². The number of anilines is 2. The van der Waals surface area contributed by atoms with Gasteiger partial charge in [-0.2, -0.15) is 0 Å². The molecule has 0 radical (unpaired) electrons. The highest BCUT2D eigenvalue weighted by Crippen LogP contribution is 2.27. The fourth-order valence-corrected chi connectivity index (χ4v) is 3.89. The summed E-state index contributed by atoms with van der Waals surface area (Å²) in [5.74, 6) is 0.0447. The summed E-state index contributed by atoms with van der Waals surface area (Å²) in [6.45, 7) is 2.29. The van der Waals surface area contributed by atoms with Crippen molar-refractivity contribution >= 4 is 38.9 Å². The van der Waals surface area contributed by atoms with Crippen LogP contribution in [0.4, 0.5) is 11.4 Å². The van der Waals surface area contributed by atoms with E-state index in [0.717, 1.165) is 0 Å². The van der Waals surface area contributed by atoms with Crippen molar-refractivity contribution < 1.29 is 17.9 Å². The van der Waals surface area contributed by atoms with E-state index >= 15 is 0 Å². The van der Waals surface area contributed by atoms with Gasteiger partial charge in [0.15, 0.2) is 0 Å². The van der Waals surface area contributed by atoms with Crippen LogP contribution >= 0.6 is 11.6 Å². The Labute approximate surface area is 174 Å². The van der Waals surface area contributed by atoms with Crippen molar-refractivity contribution in [2.24, 2.45) is 0 Å². The Hall–Kier alpha value is -3.03. The topological polar surface area (TPSA) is 84.5 Å². The highest BCUT2D eigenvalue weighted by molar-refractivity contribution is 7.92. The van der Waals surface area contributed by atoms with Gasteiger partial charge in [-0.15, -0.1) is 0 Å². The molecule has 0 fully saturated rings. The van der Waals surface area contributed by atoms with E-state index < -0.39 is 15.9 Å². The second kappa shape index (κ2) is 8.98. The number of benzene rings is 3. The van der Waals surface area contributed by atoms with E-state index in [1.807, 2.05) is 6.92 Å². The van der Waals surface area contributed by atoms with E-state index in [2.05, 4.69) is 10.0 Å². The van der Waals surface area contributed by atoms with Gasteiger partial charge in [0.05, 0.1) is 27.8 Å². The first kappa shape index (κ1) is 20.7. The molecule has 0 unspecified atom stereocenters. The van der Waals surface area contributed by atoms with Crippen molar-refractivity contribution in [2.45, 2.75) is 11.8 Å². The van der Waals surface area contributed by atoms with E-state index in [-0.39, 0.29) is 21.2 Å². The van der Waals surface area contributed by atoms with E-state index in [0.29, 0.717) is 18.0 Å². The standard InChI is InChI=1S/C21H19ClN2O4S/c1-2-28-20-11-7-6-10-19(20)23-21(25)17-14-15(12-13-18(17)22)24-29(26,27)16-8-4-3-5-9-16/h3-14,24H,2H2,1H3,(H,23,25). The van der Waals surface area contributed by atoms with Crippen LogP contribution in [0, 0.1) is 0 Å². The van der Waals surface area contributed by atoms with Crippen LogP contribution in [0.15, 0.2) is 77.7 Å². The normalized spacial score (nSPS) is 11.0. The molecule has 3 aromatic rings. The van der Waals surface area contributed by atoms with Crippen molar-refractivity contribution in [2.75, 3.05) is 16.6 Å². The summed E-state index contributed by atoms with van der Waals surface area (Å²) in [7, 11) is -3.79. The molecule has 1 amide bonds. The van der Waals surface area contributed by atoms with Crippen molar-refractivity contribution in [3.8, 4) is 5.75 Å². The second-order valence-electron chi connectivity index (χ2n) is 6.00. The minimum atomic E-state index is -3.79. The molecule has 8 heteroatoms. The molecule has 3 aromatic carbocycles. The number of amides is 1. The number of rotatable bonds is 7. The van der Waals surface area contributed by atoms with Crippen LogP contribution in [0.1, 0.15) is 17.3 Å². The minimum Gasteiger partial charge on any atom is -0.492 e. The smallest absolute Gasteiger partial charge is 0.261 e. The Balaban J connectivity index is 1.85. The van der Waals surface area contributed by atoms with Gasteiger partial charge in [-0.25, -0.2) is 8.42 Å². The molecule has 6 nitrogen and oxygen atoms in total. The fourth-order valence-electron chi connectivity index (χ4n) is 2.62. The monoisotopic (exact) mass is 430 g/mol. The van der Waals surface area contributed by atoms with Crippen molar-refractivity contribution in [1.29, 1.82) is 0 Å². The van der Waals surface area contributed by atoms with Gasteiger partial charge in [-0.3, -0.25) is 9.52 Å². The first-order valence-electron chi connectivity index (χ1n) is 8.81. The molecule has 29 heavy (non-hydrogen) atoms. The van der Waals surface area contributed by atoms with Gasteiger partial charge in [0.1, 0.15) is 5.75 Å². The van der Waals surface area contributed by atoms with E-state index in [1.54, 1.807) is 42.5 Å². The fraction of sp³-hybridized carbons (Fsp3) is 0.0952. The van der Waals surface area contributed by atoms with Crippen LogP contribution in [0.3, 0.4) is 0 Å². The van der Waals surface area contributed by atoms with Gasteiger partial charge < -0.3 is 10.1 Å². The van der Waals surface area contributed by atoms with Crippen molar-refractivity contribution in [3.05, 3.63) is 83.4 Å². The molecule has 0 aliphatic carbocycles. The molecule has 0 saturated heterocycles. The summed E-state index contributed by atoms with van der Waals surface area (Å²) in [5.41, 5.74) is 0.846. The number of carbonyl (C=O) groups excluding carboxylic acids is 1. The van der Waals surface area contributed by atoms with Crippen LogP contribution in [-0.4, -0.2) is 20.9 Å². The Morgan fingerprint density at radius 2 is 1.69 bits per heavy atom. The summed E-state index contributed by atoms with van der Waals surface area (Å²) in [6.07, 6.45) is 0. The van der Waals surface area contributed by atoms with Gasteiger partial charge in [0.2, 0.25) is 0 Å². The maximum Gasteiger partial charge on any atom is 0.261 e. The molecule has 0 aromatic heterocycles. The highest BCUT2D eigenvalue weighted by atomic mass is 35.5. The predicted molar refractivity (Wildman–Crippen MR) is 114 cm³/mol. The summed E-state index contributed by atoms with van der Waals surface area (Å²) in [6, 6.07) is 19.3. The first-order valence-corrected chi connectivity index (χ1v) is 10.7. The molecule has 2 N–H and O–H groups in total. The number of hydrogen-bond acceptors (Lipinski definition) is 4. The van der Waals surface area contributed by atoms with Crippen LogP contribution < -0.4 is 14.8 Å². The first-order chi connectivity index (χ1) is 13.9. The molecule has 0 heterocycles. The average molecular weight is 431 g/mol. The van der Waals surface area contributed by atoms with Gasteiger partial charge in [0, 0.05) is 5.69 Å². The molecule has 0 spiro atoms. The van der Waals surface area contributed by atoms with E-state index in [4.69, 9.17) is 16.3 Å². The molecule has 0 saturated carbocycles. The summed E-state index contributed by atoms with van der Waals surface area (Å²) < 4.78 is 33.0. The zero-order valence-corrected chi connectivity index (χ0v) is 17.1. The van der Waals surface area contributed by atoms with Crippen LogP contribution in [0.2, 0.25) is 5.02 Å². The molecular weight excluding hydrogens is 412 g/mol. The lowest BCUT2D eigenvalue weighted by Gasteiger charge is -2.13. The largest absolute Gasteiger partial charge is 0.492 e. The number of halogens is 1. The SMILES string of the molecule is CCOc1ccccc1NC(=O)c1cc(NS(=O)(=O)c2ccccc2)ccc1Cl. The van der Waals surface area contributed by atoms with Gasteiger partial charge in [-0.1, -0.05) is 41.9 Å². The lowest BCUT2D eigenvalue weighted by atomic mass is 10.2. The van der Waals surface area contributed by atoms with Crippen molar-refractivity contribution in [1.82, 2.24) is 0 Å². The van der Waals surface area contributed by atoms with Crippen LogP contribution in [-0.2, 0) is 10.0 Å². The van der Waals surface area contributed by atoms with Crippen LogP contribution in [0.25, 0.3) is 0 Å². The third-order valence-corrected chi connectivity index (χ3v) is 5.68. The number of ether oxygens (including phenoxy) is 1. The Kier molecular flexibility index (Phi) is 6.41. The molecular formula is C21H19ClN2O4S. The van der Waals surface area contributed by atoms with Gasteiger partial charge in [-0.05, 0) is 49.4 Å². The lowest BCUT2D eigenvalue weighted by molar-refractivity contribution is 0.102. The van der Waals surface area contributed by atoms with E-state index in [9.17, 15) is 13.2 Å². The van der Waals surface area contributed by atoms with E-state index in [1.165, 1.54) is 30.3 Å². The maximum absolute atomic E-state index is 12.8. The minimum absolute atomic E-state index is 0.117. The quantitative estimate of drug-likeness (QED) is 0.564. The lowest BCUT2D eigenvalue weighted by Crippen LogP contribution is -2.16.